The Kier molecular flexibility index (Phi) is 5.34. The van der Waals surface area contributed by atoms with E-state index in [1.807, 2.05) is 12.2 Å². The van der Waals surface area contributed by atoms with Crippen molar-refractivity contribution in [2.24, 2.45) is 23.7 Å². The number of nitrogens with zero attached hydrogens (tertiary/aromatic N) is 2. The van der Waals surface area contributed by atoms with Crippen LogP contribution in [0.4, 0.5) is 4.39 Å². The summed E-state index contributed by atoms with van der Waals surface area (Å²) in [7, 11) is 0. The number of carbonyl (C=O) groups excluding carboxylic acids is 4. The molecule has 2 bridgehead atoms. The lowest BCUT2D eigenvalue weighted by atomic mass is 9.85. The third-order valence-corrected chi connectivity index (χ3v) is 7.29. The smallest absolute Gasteiger partial charge is 0.273 e. The fourth-order valence-electron chi connectivity index (χ4n) is 5.00. The maximum Gasteiger partial charge on any atom is 0.273 e. The van der Waals surface area contributed by atoms with Crippen molar-refractivity contribution in [3.8, 4) is 0 Å². The molecule has 0 N–H and O–H groups in total. The van der Waals surface area contributed by atoms with Gasteiger partial charge in [-0.3, -0.25) is 19.2 Å². The summed E-state index contributed by atoms with van der Waals surface area (Å²) in [5.74, 6) is -4.02. The number of hydrogen-bond acceptors (Lipinski definition) is 4. The van der Waals surface area contributed by atoms with E-state index in [0.717, 1.165) is 28.6 Å². The predicted octanol–water partition coefficient (Wildman–Crippen LogP) is 4.18. The average Bonchev–Trinajstić information content (AvgIpc) is 3.48. The Balaban J connectivity index is 1.51. The highest BCUT2D eigenvalue weighted by Gasteiger charge is 2.61. The van der Waals surface area contributed by atoms with E-state index in [-0.39, 0.29) is 33.0 Å². The van der Waals surface area contributed by atoms with E-state index in [1.54, 1.807) is 0 Å². The SMILES string of the molecule is O=C(CN(C(=O)c1ccc(Cl)c(Cl)c1)N1C(=O)[C@@H]2[C@@H](C1=O)[C@H]1C=C[C@@H]2C1)c1ccc(F)cc1. The summed E-state index contributed by atoms with van der Waals surface area (Å²) in [6, 6.07) is 8.96. The normalized spacial score (nSPS) is 25.0. The lowest BCUT2D eigenvalue weighted by Crippen LogP contribution is -2.52. The molecule has 9 heteroatoms. The largest absolute Gasteiger partial charge is 0.292 e. The molecule has 0 unspecified atom stereocenters. The fraction of sp³-hybridized carbons (Fsp3) is 0.250. The molecule has 3 aliphatic rings. The number of amides is 3. The van der Waals surface area contributed by atoms with E-state index in [2.05, 4.69) is 0 Å². The minimum atomic E-state index is -0.744. The van der Waals surface area contributed by atoms with Crippen LogP contribution in [-0.4, -0.2) is 40.1 Å². The number of halogens is 3. The van der Waals surface area contributed by atoms with Crippen molar-refractivity contribution in [2.45, 2.75) is 6.42 Å². The van der Waals surface area contributed by atoms with Crippen LogP contribution in [0.5, 0.6) is 0 Å². The summed E-state index contributed by atoms with van der Waals surface area (Å²) in [5.41, 5.74) is 0.208. The Labute approximate surface area is 198 Å². The van der Waals surface area contributed by atoms with Gasteiger partial charge in [-0.2, -0.15) is 5.01 Å². The fourth-order valence-corrected chi connectivity index (χ4v) is 5.30. The van der Waals surface area contributed by atoms with Gasteiger partial charge < -0.3 is 0 Å². The molecule has 3 amide bonds. The zero-order valence-electron chi connectivity index (χ0n) is 17.1. The molecule has 2 aromatic carbocycles. The van der Waals surface area contributed by atoms with Crippen LogP contribution in [0.2, 0.25) is 10.0 Å². The van der Waals surface area contributed by atoms with Gasteiger partial charge in [0.1, 0.15) is 12.4 Å². The van der Waals surface area contributed by atoms with E-state index >= 15 is 0 Å². The van der Waals surface area contributed by atoms with Crippen LogP contribution in [0.1, 0.15) is 27.1 Å². The Bertz CT molecular complexity index is 1200. The topological polar surface area (TPSA) is 74.8 Å². The number of carbonyl (C=O) groups is 4. The van der Waals surface area contributed by atoms with E-state index in [0.29, 0.717) is 0 Å². The summed E-state index contributed by atoms with van der Waals surface area (Å²) in [5, 5.41) is 2.03. The summed E-state index contributed by atoms with van der Waals surface area (Å²) in [6.07, 6.45) is 4.61. The van der Waals surface area contributed by atoms with Gasteiger partial charge in [0.15, 0.2) is 5.78 Å². The van der Waals surface area contributed by atoms with Gasteiger partial charge in [-0.1, -0.05) is 35.4 Å². The van der Waals surface area contributed by atoms with Crippen LogP contribution < -0.4 is 0 Å². The predicted molar refractivity (Wildman–Crippen MR) is 118 cm³/mol. The molecule has 0 aromatic heterocycles. The number of imide groups is 1. The van der Waals surface area contributed by atoms with Gasteiger partial charge in [-0.25, -0.2) is 9.40 Å². The quantitative estimate of drug-likeness (QED) is 0.361. The highest BCUT2D eigenvalue weighted by molar-refractivity contribution is 6.42. The molecule has 1 saturated carbocycles. The lowest BCUT2D eigenvalue weighted by molar-refractivity contribution is -0.154. The molecule has 33 heavy (non-hydrogen) atoms. The number of Topliss-reactive ketones (excluding diaryl/α,β-unsaturated/α-hetero) is 1. The molecule has 2 aliphatic carbocycles. The molecule has 4 atom stereocenters. The molecule has 1 heterocycles. The van der Waals surface area contributed by atoms with Crippen molar-refractivity contribution in [1.29, 1.82) is 0 Å². The van der Waals surface area contributed by atoms with Crippen LogP contribution >= 0.6 is 23.2 Å². The number of rotatable bonds is 5. The molecule has 0 radical (unpaired) electrons. The lowest BCUT2D eigenvalue weighted by Gasteiger charge is -2.31. The van der Waals surface area contributed by atoms with Crippen molar-refractivity contribution < 1.29 is 23.6 Å². The van der Waals surface area contributed by atoms with Crippen molar-refractivity contribution in [3.63, 3.8) is 0 Å². The monoisotopic (exact) mass is 486 g/mol. The standard InChI is InChI=1S/C24H17Cl2FN2O4/c25-17-8-5-15(10-18(17)26)22(31)28(11-19(30)12-3-6-16(27)7-4-12)29-23(32)20-13-1-2-14(9-13)21(20)24(29)33/h1-8,10,13-14,20-21H,9,11H2/t13-,14+,20-,21-/m0/s1. The average molecular weight is 487 g/mol. The first kappa shape index (κ1) is 21.8. The maximum atomic E-state index is 13.5. The second-order valence-electron chi connectivity index (χ2n) is 8.41. The van der Waals surface area contributed by atoms with Crippen molar-refractivity contribution in [1.82, 2.24) is 10.0 Å². The van der Waals surface area contributed by atoms with E-state index < -0.39 is 47.7 Å². The zero-order valence-corrected chi connectivity index (χ0v) is 18.6. The molecular formula is C24H17Cl2FN2O4. The third kappa shape index (κ3) is 3.56. The minimum Gasteiger partial charge on any atom is -0.292 e. The Morgan fingerprint density at radius 2 is 1.48 bits per heavy atom. The molecule has 5 rings (SSSR count). The molecule has 168 valence electrons. The summed E-state index contributed by atoms with van der Waals surface area (Å²) >= 11 is 12.0. The number of benzene rings is 2. The van der Waals surface area contributed by atoms with E-state index in [9.17, 15) is 23.6 Å². The van der Waals surface area contributed by atoms with E-state index in [4.69, 9.17) is 23.2 Å². The van der Waals surface area contributed by atoms with Crippen LogP contribution in [0.15, 0.2) is 54.6 Å². The van der Waals surface area contributed by atoms with Gasteiger partial charge in [0.05, 0.1) is 21.9 Å². The summed E-state index contributed by atoms with van der Waals surface area (Å²) in [6.45, 7) is -0.579. The van der Waals surface area contributed by atoms with Crippen LogP contribution in [0, 0.1) is 29.5 Å². The molecular weight excluding hydrogens is 470 g/mol. The van der Waals surface area contributed by atoms with Gasteiger partial charge in [-0.05, 0) is 60.7 Å². The molecule has 6 nitrogen and oxygen atoms in total. The van der Waals surface area contributed by atoms with Crippen LogP contribution in [-0.2, 0) is 9.59 Å². The van der Waals surface area contributed by atoms with Gasteiger partial charge in [0.2, 0.25) is 0 Å². The maximum absolute atomic E-state index is 13.5. The van der Waals surface area contributed by atoms with E-state index in [1.165, 1.54) is 30.3 Å². The number of fused-ring (bicyclic) bond motifs is 5. The Hall–Kier alpha value is -3.03. The van der Waals surface area contributed by atoms with Crippen LogP contribution in [0.25, 0.3) is 0 Å². The Morgan fingerprint density at radius 3 is 2.06 bits per heavy atom. The molecule has 1 aliphatic heterocycles. The molecule has 2 aromatic rings. The number of hydrogen-bond donors (Lipinski definition) is 0. The number of allylic oxidation sites excluding steroid dienone is 2. The van der Waals surface area contributed by atoms with Crippen molar-refractivity contribution in [3.05, 3.63) is 81.6 Å². The molecule has 0 spiro atoms. The highest BCUT2D eigenvalue weighted by Crippen LogP contribution is 2.52. The van der Waals surface area contributed by atoms with Crippen LogP contribution in [0.3, 0.4) is 0 Å². The third-order valence-electron chi connectivity index (χ3n) is 6.55. The molecule has 2 fully saturated rings. The van der Waals surface area contributed by atoms with Gasteiger partial charge in [-0.15, -0.1) is 0 Å². The first-order valence-corrected chi connectivity index (χ1v) is 11.1. The minimum absolute atomic E-state index is 0.0591. The molecule has 1 saturated heterocycles. The van der Waals surface area contributed by atoms with Gasteiger partial charge in [0, 0.05) is 11.1 Å². The number of ketones is 1. The van der Waals surface area contributed by atoms with Crippen molar-refractivity contribution in [2.75, 3.05) is 6.54 Å². The van der Waals surface area contributed by atoms with Gasteiger partial charge in [0.25, 0.3) is 17.7 Å². The Morgan fingerprint density at radius 1 is 0.909 bits per heavy atom. The zero-order chi connectivity index (χ0) is 23.4. The first-order chi connectivity index (χ1) is 15.8. The summed E-state index contributed by atoms with van der Waals surface area (Å²) < 4.78 is 13.3. The highest BCUT2D eigenvalue weighted by atomic mass is 35.5. The first-order valence-electron chi connectivity index (χ1n) is 10.4. The second-order valence-corrected chi connectivity index (χ2v) is 9.22. The number of hydrazine groups is 1. The second kappa shape index (κ2) is 8.08. The van der Waals surface area contributed by atoms with Gasteiger partial charge >= 0.3 is 0 Å². The summed E-state index contributed by atoms with van der Waals surface area (Å²) in [4.78, 5) is 53.0. The van der Waals surface area contributed by atoms with Crippen molar-refractivity contribution >= 4 is 46.7 Å².